The predicted octanol–water partition coefficient (Wildman–Crippen LogP) is 5.33. The molecule has 1 heterocycles. The Bertz CT molecular complexity index is 600. The van der Waals surface area contributed by atoms with Crippen molar-refractivity contribution < 1.29 is 0 Å². The monoisotopic (exact) mass is 340 g/mol. The number of hydrogen-bond donors (Lipinski definition) is 0. The van der Waals surface area contributed by atoms with Gasteiger partial charge in [0.25, 0.3) is 0 Å². The first kappa shape index (κ1) is 14.2. The molecule has 1 aromatic carbocycles. The lowest BCUT2D eigenvalue weighted by atomic mass is 10.1. The quantitative estimate of drug-likeness (QED) is 0.418. The normalized spacial score (nSPS) is 10.7. The van der Waals surface area contributed by atoms with Crippen molar-refractivity contribution in [1.82, 2.24) is 9.97 Å². The Morgan fingerprint density at radius 3 is 2.17 bits per heavy atom. The third-order valence-corrected chi connectivity index (χ3v) is 3.84. The van der Waals surface area contributed by atoms with Crippen molar-refractivity contribution in [3.8, 4) is 0 Å². The summed E-state index contributed by atoms with van der Waals surface area (Å²) in [5.41, 5.74) is 1.50. The van der Waals surface area contributed by atoms with Gasteiger partial charge in [-0.3, -0.25) is 0 Å². The third-order valence-electron chi connectivity index (χ3n) is 2.25. The van der Waals surface area contributed by atoms with Crippen LogP contribution in [-0.4, -0.2) is 9.97 Å². The van der Waals surface area contributed by atoms with Crippen LogP contribution in [-0.2, 0) is 6.42 Å². The van der Waals surface area contributed by atoms with Crippen LogP contribution in [0.4, 0.5) is 0 Å². The van der Waals surface area contributed by atoms with Crippen molar-refractivity contribution in [3.05, 3.63) is 55.0 Å². The van der Waals surface area contributed by atoms with Gasteiger partial charge in [0.2, 0.25) is 5.28 Å². The summed E-state index contributed by atoms with van der Waals surface area (Å²) in [5.74, 6) is 0. The molecule has 0 aliphatic rings. The lowest BCUT2D eigenvalue weighted by Crippen LogP contribution is -1.95. The molecule has 0 radical (unpaired) electrons. The Labute approximate surface area is 129 Å². The second kappa shape index (κ2) is 5.81. The standard InChI is InChI=1S/C11H5Cl5N2/c12-7-3-9(14)8(13)2-5(7)1-6-4-17-11(16)18-10(6)15/h2-4H,1H2. The van der Waals surface area contributed by atoms with Crippen molar-refractivity contribution in [2.75, 3.05) is 0 Å². The highest BCUT2D eigenvalue weighted by Crippen LogP contribution is 2.31. The van der Waals surface area contributed by atoms with E-state index in [4.69, 9.17) is 58.0 Å². The molecule has 0 aliphatic carbocycles. The van der Waals surface area contributed by atoms with Gasteiger partial charge in [-0.25, -0.2) is 9.97 Å². The Hall–Kier alpha value is -0.250. The molecular weight excluding hydrogens is 337 g/mol. The molecule has 0 amide bonds. The number of nitrogens with zero attached hydrogens (tertiary/aromatic N) is 2. The van der Waals surface area contributed by atoms with E-state index < -0.39 is 0 Å². The zero-order chi connectivity index (χ0) is 13.3. The summed E-state index contributed by atoms with van der Waals surface area (Å²) < 4.78 is 0. The molecule has 0 unspecified atom stereocenters. The molecule has 0 bridgehead atoms. The average Bonchev–Trinajstić information content (AvgIpc) is 2.29. The summed E-state index contributed by atoms with van der Waals surface area (Å²) in [6.45, 7) is 0. The van der Waals surface area contributed by atoms with Gasteiger partial charge >= 0.3 is 0 Å². The molecule has 0 N–H and O–H groups in total. The highest BCUT2D eigenvalue weighted by molar-refractivity contribution is 6.43. The van der Waals surface area contributed by atoms with Crippen LogP contribution < -0.4 is 0 Å². The van der Waals surface area contributed by atoms with Gasteiger partial charge in [-0.15, -0.1) is 0 Å². The highest BCUT2D eigenvalue weighted by Gasteiger charge is 2.10. The van der Waals surface area contributed by atoms with E-state index >= 15 is 0 Å². The van der Waals surface area contributed by atoms with E-state index in [9.17, 15) is 0 Å². The van der Waals surface area contributed by atoms with Crippen LogP contribution in [0.2, 0.25) is 25.5 Å². The number of halogens is 5. The zero-order valence-corrected chi connectivity index (χ0v) is 12.5. The molecule has 2 rings (SSSR count). The summed E-state index contributed by atoms with van der Waals surface area (Å²) in [5, 5.41) is 1.74. The van der Waals surface area contributed by atoms with Crippen molar-refractivity contribution in [1.29, 1.82) is 0 Å². The maximum Gasteiger partial charge on any atom is 0.223 e. The van der Waals surface area contributed by atoms with Gasteiger partial charge in [0, 0.05) is 23.2 Å². The molecule has 0 aliphatic heterocycles. The maximum atomic E-state index is 6.08. The molecule has 0 saturated heterocycles. The van der Waals surface area contributed by atoms with Gasteiger partial charge in [-0.1, -0.05) is 46.4 Å². The molecule has 0 atom stereocenters. The summed E-state index contributed by atoms with van der Waals surface area (Å²) in [7, 11) is 0. The van der Waals surface area contributed by atoms with Gasteiger partial charge in [-0.05, 0) is 29.3 Å². The molecule has 7 heteroatoms. The second-order valence-corrected chi connectivity index (χ2v) is 5.41. The molecule has 2 nitrogen and oxygen atoms in total. The Morgan fingerprint density at radius 2 is 1.50 bits per heavy atom. The Kier molecular flexibility index (Phi) is 4.57. The zero-order valence-electron chi connectivity index (χ0n) is 8.72. The molecule has 18 heavy (non-hydrogen) atoms. The van der Waals surface area contributed by atoms with Crippen LogP contribution in [0.15, 0.2) is 18.3 Å². The van der Waals surface area contributed by atoms with Crippen molar-refractivity contribution in [2.24, 2.45) is 0 Å². The Balaban J connectivity index is 2.37. The highest BCUT2D eigenvalue weighted by atomic mass is 35.5. The van der Waals surface area contributed by atoms with Gasteiger partial charge in [-0.2, -0.15) is 0 Å². The van der Waals surface area contributed by atoms with Gasteiger partial charge in [0.15, 0.2) is 0 Å². The van der Waals surface area contributed by atoms with Crippen molar-refractivity contribution in [2.45, 2.75) is 6.42 Å². The molecule has 0 fully saturated rings. The lowest BCUT2D eigenvalue weighted by molar-refractivity contribution is 1.07. The first-order valence-electron chi connectivity index (χ1n) is 4.77. The van der Waals surface area contributed by atoms with Crippen molar-refractivity contribution in [3.63, 3.8) is 0 Å². The fourth-order valence-corrected chi connectivity index (χ4v) is 2.40. The van der Waals surface area contributed by atoms with Crippen LogP contribution >= 0.6 is 58.0 Å². The topological polar surface area (TPSA) is 25.8 Å². The van der Waals surface area contributed by atoms with Crippen LogP contribution in [0.1, 0.15) is 11.1 Å². The molecule has 1 aromatic heterocycles. The number of hydrogen-bond acceptors (Lipinski definition) is 2. The van der Waals surface area contributed by atoms with Crippen LogP contribution in [0.25, 0.3) is 0 Å². The number of rotatable bonds is 2. The Morgan fingerprint density at radius 1 is 0.833 bits per heavy atom. The smallest absolute Gasteiger partial charge is 0.223 e. The van der Waals surface area contributed by atoms with E-state index in [1.165, 1.54) is 0 Å². The molecule has 0 spiro atoms. The summed E-state index contributed by atoms with van der Waals surface area (Å²) >= 11 is 29.5. The van der Waals surface area contributed by atoms with Crippen LogP contribution in [0, 0.1) is 0 Å². The van der Waals surface area contributed by atoms with Gasteiger partial charge < -0.3 is 0 Å². The molecule has 2 aromatic rings. The van der Waals surface area contributed by atoms with Crippen molar-refractivity contribution >= 4 is 58.0 Å². The summed E-state index contributed by atoms with van der Waals surface area (Å²) in [6, 6.07) is 3.28. The molecular formula is C11H5Cl5N2. The number of benzene rings is 1. The summed E-state index contributed by atoms with van der Waals surface area (Å²) in [6.07, 6.45) is 2.00. The van der Waals surface area contributed by atoms with E-state index in [-0.39, 0.29) is 10.4 Å². The van der Waals surface area contributed by atoms with E-state index in [0.29, 0.717) is 27.1 Å². The summed E-state index contributed by atoms with van der Waals surface area (Å²) in [4.78, 5) is 7.73. The van der Waals surface area contributed by atoms with Gasteiger partial charge in [0.1, 0.15) is 5.15 Å². The average molecular weight is 342 g/mol. The minimum atomic E-state index is 0.101. The maximum absolute atomic E-state index is 6.08. The predicted molar refractivity (Wildman–Crippen MR) is 76.3 cm³/mol. The second-order valence-electron chi connectivity index (χ2n) is 3.49. The minimum absolute atomic E-state index is 0.101. The van der Waals surface area contributed by atoms with Crippen LogP contribution in [0.3, 0.4) is 0 Å². The molecule has 94 valence electrons. The fourth-order valence-electron chi connectivity index (χ4n) is 1.39. The van der Waals surface area contributed by atoms with E-state index in [1.54, 1.807) is 18.3 Å². The first-order chi connectivity index (χ1) is 8.47. The number of aromatic nitrogens is 2. The fraction of sp³-hybridized carbons (Fsp3) is 0.0909. The lowest BCUT2D eigenvalue weighted by Gasteiger charge is -2.07. The van der Waals surface area contributed by atoms with Crippen LogP contribution in [0.5, 0.6) is 0 Å². The third kappa shape index (κ3) is 3.19. The molecule has 0 saturated carbocycles. The minimum Gasteiger partial charge on any atom is -0.226 e. The van der Waals surface area contributed by atoms with E-state index in [0.717, 1.165) is 5.56 Å². The SMILES string of the molecule is Clc1ncc(Cc2cc(Cl)c(Cl)cc2Cl)c(Cl)n1. The van der Waals surface area contributed by atoms with E-state index in [1.807, 2.05) is 0 Å². The van der Waals surface area contributed by atoms with Gasteiger partial charge in [0.05, 0.1) is 10.0 Å². The largest absolute Gasteiger partial charge is 0.226 e. The van der Waals surface area contributed by atoms with E-state index in [2.05, 4.69) is 9.97 Å². The first-order valence-corrected chi connectivity index (χ1v) is 6.66.